The highest BCUT2D eigenvalue weighted by Crippen LogP contribution is 2.14. The minimum absolute atomic E-state index is 0.0194. The third-order valence-electron chi connectivity index (χ3n) is 2.68. The molecular formula is C13H14FNO3. The molecule has 1 atom stereocenters. The Bertz CT molecular complexity index is 473. The molecular weight excluding hydrogens is 237 g/mol. The van der Waals surface area contributed by atoms with Crippen LogP contribution < -0.4 is 0 Å². The Labute approximate surface area is 104 Å². The zero-order valence-electron chi connectivity index (χ0n) is 9.80. The second-order valence-electron chi connectivity index (χ2n) is 4.22. The van der Waals surface area contributed by atoms with Gasteiger partial charge in [0, 0.05) is 6.42 Å². The van der Waals surface area contributed by atoms with E-state index in [4.69, 9.17) is 9.84 Å². The summed E-state index contributed by atoms with van der Waals surface area (Å²) in [5.74, 6) is -0.643. The van der Waals surface area contributed by atoms with Gasteiger partial charge in [0.15, 0.2) is 5.90 Å². The smallest absolute Gasteiger partial charge is 0.303 e. The van der Waals surface area contributed by atoms with Crippen molar-refractivity contribution in [3.8, 4) is 0 Å². The fourth-order valence-corrected chi connectivity index (χ4v) is 1.86. The first kappa shape index (κ1) is 12.5. The summed E-state index contributed by atoms with van der Waals surface area (Å²) in [6.45, 7) is 0.436. The van der Waals surface area contributed by atoms with Crippen molar-refractivity contribution < 1.29 is 19.0 Å². The number of carboxylic acid groups (broad SMARTS) is 1. The number of carboxylic acids is 1. The van der Waals surface area contributed by atoms with Crippen molar-refractivity contribution in [3.63, 3.8) is 0 Å². The number of hydrogen-bond donors (Lipinski definition) is 1. The van der Waals surface area contributed by atoms with E-state index >= 15 is 0 Å². The maximum atomic E-state index is 13.0. The SMILES string of the molecule is O=C(O)CCC1=NC(Cc2cccc(F)c2)CO1. The van der Waals surface area contributed by atoms with Crippen LogP contribution >= 0.6 is 0 Å². The van der Waals surface area contributed by atoms with E-state index < -0.39 is 5.97 Å². The third kappa shape index (κ3) is 3.55. The van der Waals surface area contributed by atoms with Gasteiger partial charge in [-0.1, -0.05) is 12.1 Å². The first-order chi connectivity index (χ1) is 8.63. The number of rotatable bonds is 5. The van der Waals surface area contributed by atoms with E-state index in [1.807, 2.05) is 6.07 Å². The number of nitrogens with zero attached hydrogens (tertiary/aromatic N) is 1. The highest BCUT2D eigenvalue weighted by molar-refractivity contribution is 5.81. The molecule has 0 saturated heterocycles. The summed E-state index contributed by atoms with van der Waals surface area (Å²) in [5.41, 5.74) is 0.867. The zero-order valence-corrected chi connectivity index (χ0v) is 9.80. The van der Waals surface area contributed by atoms with Crippen LogP contribution in [0.5, 0.6) is 0 Å². The van der Waals surface area contributed by atoms with Crippen molar-refractivity contribution >= 4 is 11.9 Å². The molecule has 1 aromatic rings. The van der Waals surface area contributed by atoms with Crippen molar-refractivity contribution in [1.82, 2.24) is 0 Å². The maximum Gasteiger partial charge on any atom is 0.303 e. The fraction of sp³-hybridized carbons (Fsp3) is 0.385. The van der Waals surface area contributed by atoms with Gasteiger partial charge in [-0.2, -0.15) is 0 Å². The van der Waals surface area contributed by atoms with Gasteiger partial charge in [0.2, 0.25) is 0 Å². The molecule has 0 aromatic heterocycles. The third-order valence-corrected chi connectivity index (χ3v) is 2.68. The first-order valence-corrected chi connectivity index (χ1v) is 5.79. The van der Waals surface area contributed by atoms with Crippen molar-refractivity contribution in [2.24, 2.45) is 4.99 Å². The monoisotopic (exact) mass is 251 g/mol. The summed E-state index contributed by atoms with van der Waals surface area (Å²) < 4.78 is 18.3. The van der Waals surface area contributed by atoms with Gasteiger partial charge in [-0.05, 0) is 24.1 Å². The molecule has 2 rings (SSSR count). The number of benzene rings is 1. The van der Waals surface area contributed by atoms with Gasteiger partial charge in [0.05, 0.1) is 12.5 Å². The van der Waals surface area contributed by atoms with Crippen molar-refractivity contribution in [3.05, 3.63) is 35.6 Å². The summed E-state index contributed by atoms with van der Waals surface area (Å²) in [4.78, 5) is 14.7. The van der Waals surface area contributed by atoms with Gasteiger partial charge >= 0.3 is 5.97 Å². The van der Waals surface area contributed by atoms with E-state index in [0.29, 0.717) is 25.3 Å². The lowest BCUT2D eigenvalue weighted by Gasteiger charge is -2.04. The molecule has 0 radical (unpaired) electrons. The first-order valence-electron chi connectivity index (χ1n) is 5.79. The molecule has 1 aliphatic rings. The van der Waals surface area contributed by atoms with Crippen LogP contribution in [0, 0.1) is 5.82 Å². The Morgan fingerprint density at radius 2 is 2.39 bits per heavy atom. The number of ether oxygens (including phenoxy) is 1. The Hall–Kier alpha value is -1.91. The van der Waals surface area contributed by atoms with E-state index in [9.17, 15) is 9.18 Å². The number of halogens is 1. The van der Waals surface area contributed by atoms with Crippen LogP contribution in [-0.2, 0) is 16.0 Å². The van der Waals surface area contributed by atoms with Crippen LogP contribution in [0.1, 0.15) is 18.4 Å². The molecule has 0 saturated carbocycles. The number of hydrogen-bond acceptors (Lipinski definition) is 3. The number of aliphatic imine (C=N–C) groups is 1. The molecule has 0 bridgehead atoms. The average molecular weight is 251 g/mol. The van der Waals surface area contributed by atoms with Crippen molar-refractivity contribution in [1.29, 1.82) is 0 Å². The van der Waals surface area contributed by atoms with E-state index in [-0.39, 0.29) is 18.3 Å². The van der Waals surface area contributed by atoms with Gasteiger partial charge in [-0.25, -0.2) is 9.38 Å². The highest BCUT2D eigenvalue weighted by atomic mass is 19.1. The van der Waals surface area contributed by atoms with Gasteiger partial charge < -0.3 is 9.84 Å². The standard InChI is InChI=1S/C13H14FNO3/c14-10-3-1-2-9(6-10)7-11-8-18-12(15-11)4-5-13(16)17/h1-3,6,11H,4-5,7-8H2,(H,16,17). The average Bonchev–Trinajstić information content (AvgIpc) is 2.74. The molecule has 0 amide bonds. The molecule has 0 aliphatic carbocycles. The minimum atomic E-state index is -0.866. The van der Waals surface area contributed by atoms with Crippen LogP contribution in [0.4, 0.5) is 4.39 Å². The highest BCUT2D eigenvalue weighted by Gasteiger charge is 2.19. The normalized spacial score (nSPS) is 18.3. The number of carbonyl (C=O) groups is 1. The summed E-state index contributed by atoms with van der Waals surface area (Å²) in [7, 11) is 0. The Morgan fingerprint density at radius 3 is 3.11 bits per heavy atom. The van der Waals surface area contributed by atoms with E-state index in [2.05, 4.69) is 4.99 Å². The minimum Gasteiger partial charge on any atom is -0.481 e. The Balaban J connectivity index is 1.90. The van der Waals surface area contributed by atoms with Crippen LogP contribution in [0.25, 0.3) is 0 Å². The van der Waals surface area contributed by atoms with Crippen LogP contribution in [-0.4, -0.2) is 29.6 Å². The zero-order chi connectivity index (χ0) is 13.0. The van der Waals surface area contributed by atoms with Gasteiger partial charge in [0.25, 0.3) is 0 Å². The van der Waals surface area contributed by atoms with Crippen LogP contribution in [0.3, 0.4) is 0 Å². The lowest BCUT2D eigenvalue weighted by molar-refractivity contribution is -0.136. The molecule has 1 aromatic carbocycles. The fourth-order valence-electron chi connectivity index (χ4n) is 1.86. The molecule has 1 aliphatic heterocycles. The summed E-state index contributed by atoms with van der Waals surface area (Å²) >= 11 is 0. The summed E-state index contributed by atoms with van der Waals surface area (Å²) in [6.07, 6.45) is 0.939. The predicted molar refractivity (Wildman–Crippen MR) is 64.1 cm³/mol. The van der Waals surface area contributed by atoms with Crippen LogP contribution in [0.15, 0.2) is 29.3 Å². The van der Waals surface area contributed by atoms with E-state index in [1.165, 1.54) is 12.1 Å². The molecule has 1 unspecified atom stereocenters. The summed E-state index contributed by atoms with van der Waals surface area (Å²) in [5, 5.41) is 8.55. The lowest BCUT2D eigenvalue weighted by Crippen LogP contribution is -2.10. The summed E-state index contributed by atoms with van der Waals surface area (Å²) in [6, 6.07) is 6.33. The Kier molecular flexibility index (Phi) is 3.92. The quantitative estimate of drug-likeness (QED) is 0.871. The van der Waals surface area contributed by atoms with Gasteiger partial charge in [0.1, 0.15) is 12.4 Å². The molecule has 1 heterocycles. The van der Waals surface area contributed by atoms with E-state index in [0.717, 1.165) is 5.56 Å². The second-order valence-corrected chi connectivity index (χ2v) is 4.22. The molecule has 0 spiro atoms. The van der Waals surface area contributed by atoms with Crippen molar-refractivity contribution in [2.75, 3.05) is 6.61 Å². The molecule has 4 nitrogen and oxygen atoms in total. The predicted octanol–water partition coefficient (Wildman–Crippen LogP) is 2.03. The molecule has 18 heavy (non-hydrogen) atoms. The molecule has 96 valence electrons. The Morgan fingerprint density at radius 1 is 1.56 bits per heavy atom. The largest absolute Gasteiger partial charge is 0.481 e. The van der Waals surface area contributed by atoms with Gasteiger partial charge in [-0.3, -0.25) is 4.79 Å². The number of aliphatic carboxylic acids is 1. The molecule has 5 heteroatoms. The maximum absolute atomic E-state index is 13.0. The topological polar surface area (TPSA) is 58.9 Å². The van der Waals surface area contributed by atoms with Crippen LogP contribution in [0.2, 0.25) is 0 Å². The molecule has 1 N–H and O–H groups in total. The van der Waals surface area contributed by atoms with Crippen molar-refractivity contribution in [2.45, 2.75) is 25.3 Å². The lowest BCUT2D eigenvalue weighted by atomic mass is 10.1. The van der Waals surface area contributed by atoms with E-state index in [1.54, 1.807) is 6.07 Å². The van der Waals surface area contributed by atoms with Gasteiger partial charge in [-0.15, -0.1) is 0 Å². The second kappa shape index (κ2) is 5.62. The molecule has 0 fully saturated rings.